The number of aromatic amines is 1. The molecule has 4 nitrogen and oxygen atoms in total. The van der Waals surface area contributed by atoms with Crippen molar-refractivity contribution in [1.29, 1.82) is 0 Å². The van der Waals surface area contributed by atoms with Crippen molar-refractivity contribution < 1.29 is 24.3 Å². The molecule has 1 aromatic carbocycles. The van der Waals surface area contributed by atoms with Gasteiger partial charge in [0.2, 0.25) is 33.6 Å². The van der Waals surface area contributed by atoms with Gasteiger partial charge < -0.3 is 4.98 Å². The van der Waals surface area contributed by atoms with E-state index in [1.807, 2.05) is 0 Å². The average Bonchev–Trinajstić information content (AvgIpc) is 2.67. The highest BCUT2D eigenvalue weighted by Crippen LogP contribution is 2.33. The van der Waals surface area contributed by atoms with Crippen molar-refractivity contribution in [3.8, 4) is 0 Å². The lowest BCUT2D eigenvalue weighted by atomic mass is 10.2. The molecule has 0 spiro atoms. The molecule has 1 heterocycles. The van der Waals surface area contributed by atoms with Crippen LogP contribution in [0.2, 0.25) is 0 Å². The molecule has 0 fully saturated rings. The maximum absolute atomic E-state index is 13.0. The van der Waals surface area contributed by atoms with Crippen LogP contribution >= 0.6 is 0 Å². The summed E-state index contributed by atoms with van der Waals surface area (Å²) in [6, 6.07) is 3.67. The molecule has 98 valence electrons. The van der Waals surface area contributed by atoms with Crippen LogP contribution in [0.1, 0.15) is 0 Å². The second kappa shape index (κ2) is 4.94. The first kappa shape index (κ1) is 13.4. The molecule has 2 aromatic rings. The third-order valence-electron chi connectivity index (χ3n) is 2.20. The summed E-state index contributed by atoms with van der Waals surface area (Å²) in [5, 5.41) is -1.08. The molecule has 0 amide bonds. The highest BCUT2D eigenvalue weighted by molar-refractivity contribution is 7.83. The number of halogens is 3. The van der Waals surface area contributed by atoms with Crippen molar-refractivity contribution in [2.45, 2.75) is 14.8 Å². The van der Waals surface area contributed by atoms with E-state index in [0.29, 0.717) is 0 Å². The molecule has 0 saturated carbocycles. The monoisotopic (exact) mass is 315 g/mol. The Balaban J connectivity index is 2.97. The fourth-order valence-corrected chi connectivity index (χ4v) is 3.59. The molecule has 0 aliphatic heterocycles. The SMILES string of the molecule is O=S(F)c1[nH]c2cccc(S(=O)F)c2c1S(=O)F. The number of fused-ring (bicyclic) bond motifs is 1. The molecule has 0 aliphatic rings. The lowest BCUT2D eigenvalue weighted by Crippen LogP contribution is -1.92. The molecule has 3 unspecified atom stereocenters. The van der Waals surface area contributed by atoms with Crippen molar-refractivity contribution in [3.05, 3.63) is 18.2 Å². The highest BCUT2D eigenvalue weighted by Gasteiger charge is 2.25. The van der Waals surface area contributed by atoms with Crippen LogP contribution in [0.4, 0.5) is 11.7 Å². The van der Waals surface area contributed by atoms with Gasteiger partial charge in [0.05, 0.1) is 4.90 Å². The van der Waals surface area contributed by atoms with Gasteiger partial charge in [-0.3, -0.25) is 0 Å². The molecule has 0 aliphatic carbocycles. The van der Waals surface area contributed by atoms with Crippen molar-refractivity contribution in [1.82, 2.24) is 4.98 Å². The van der Waals surface area contributed by atoms with E-state index in [1.54, 1.807) is 0 Å². The van der Waals surface area contributed by atoms with E-state index in [0.717, 1.165) is 6.07 Å². The predicted octanol–water partition coefficient (Wildman–Crippen LogP) is 2.14. The Morgan fingerprint density at radius 2 is 1.61 bits per heavy atom. The Morgan fingerprint density at radius 1 is 0.944 bits per heavy atom. The van der Waals surface area contributed by atoms with E-state index in [4.69, 9.17) is 0 Å². The van der Waals surface area contributed by atoms with E-state index < -0.39 is 48.4 Å². The van der Waals surface area contributed by atoms with Crippen LogP contribution in [-0.4, -0.2) is 17.6 Å². The molecule has 0 bridgehead atoms. The molecule has 1 N–H and O–H groups in total. The number of nitrogens with one attached hydrogen (secondary N) is 1. The van der Waals surface area contributed by atoms with Crippen LogP contribution in [0.25, 0.3) is 10.9 Å². The minimum absolute atomic E-state index is 0.000463. The van der Waals surface area contributed by atoms with Crippen molar-refractivity contribution in [2.75, 3.05) is 0 Å². The Hall–Kier alpha value is -1.00. The normalized spacial score (nSPS) is 16.6. The van der Waals surface area contributed by atoms with Gasteiger partial charge in [-0.15, -0.1) is 11.7 Å². The van der Waals surface area contributed by atoms with Crippen molar-refractivity contribution >= 4 is 44.5 Å². The third-order valence-corrected chi connectivity index (χ3v) is 4.37. The first-order valence-electron chi connectivity index (χ1n) is 4.32. The largest absolute Gasteiger partial charge is 0.344 e. The van der Waals surface area contributed by atoms with Crippen LogP contribution in [0.5, 0.6) is 0 Å². The number of hydrogen-bond donors (Lipinski definition) is 1. The minimum atomic E-state index is -3.20. The van der Waals surface area contributed by atoms with Gasteiger partial charge >= 0.3 is 0 Å². The molecular weight excluding hydrogens is 311 g/mol. The summed E-state index contributed by atoms with van der Waals surface area (Å²) in [6.45, 7) is 0. The number of aromatic nitrogens is 1. The molecule has 2 rings (SSSR count). The summed E-state index contributed by atoms with van der Waals surface area (Å²) >= 11 is -9.29. The zero-order chi connectivity index (χ0) is 13.4. The fourth-order valence-electron chi connectivity index (χ4n) is 1.56. The Bertz CT molecular complexity index is 699. The second-order valence-electron chi connectivity index (χ2n) is 3.13. The number of rotatable bonds is 3. The summed E-state index contributed by atoms with van der Waals surface area (Å²) in [4.78, 5) is 0.989. The first-order chi connectivity index (χ1) is 8.43. The van der Waals surface area contributed by atoms with Gasteiger partial charge in [0.25, 0.3) is 0 Å². The smallest absolute Gasteiger partial charge is 0.249 e. The van der Waals surface area contributed by atoms with Gasteiger partial charge in [-0.05, 0) is 12.1 Å². The molecule has 0 radical (unpaired) electrons. The Labute approximate surface area is 107 Å². The standard InChI is InChI=1S/C8H4F3NO3S3/c9-16(13)5-3-1-2-4-6(5)7(17(10)14)8(12-4)18(11)15/h1-3,12H. The van der Waals surface area contributed by atoms with Crippen molar-refractivity contribution in [2.24, 2.45) is 0 Å². The quantitative estimate of drug-likeness (QED) is 0.883. The molecule has 1 aromatic heterocycles. The maximum Gasteiger partial charge on any atom is 0.249 e. The summed E-state index contributed by atoms with van der Waals surface area (Å²) in [5.74, 6) is 0. The number of hydrogen-bond acceptors (Lipinski definition) is 3. The topological polar surface area (TPSA) is 67.0 Å². The average molecular weight is 315 g/mol. The van der Waals surface area contributed by atoms with E-state index >= 15 is 0 Å². The highest BCUT2D eigenvalue weighted by atomic mass is 32.2. The van der Waals surface area contributed by atoms with Gasteiger partial charge in [-0.25, -0.2) is 12.6 Å². The van der Waals surface area contributed by atoms with Crippen LogP contribution in [-0.2, 0) is 33.6 Å². The molecule has 3 atom stereocenters. The number of benzene rings is 1. The fraction of sp³-hybridized carbons (Fsp3) is 0. The third kappa shape index (κ3) is 2.15. The van der Waals surface area contributed by atoms with Gasteiger partial charge in [-0.2, -0.15) is 0 Å². The second-order valence-corrected chi connectivity index (χ2v) is 5.73. The molecule has 10 heteroatoms. The lowest BCUT2D eigenvalue weighted by molar-refractivity contribution is 0.634. The Morgan fingerprint density at radius 3 is 2.11 bits per heavy atom. The predicted molar refractivity (Wildman–Crippen MR) is 60.8 cm³/mol. The van der Waals surface area contributed by atoms with Gasteiger partial charge in [0.15, 0.2) is 5.03 Å². The van der Waals surface area contributed by atoms with Gasteiger partial charge in [-0.1, -0.05) is 6.07 Å². The summed E-state index contributed by atoms with van der Waals surface area (Å²) < 4.78 is 71.2. The number of H-pyrrole nitrogens is 1. The zero-order valence-electron chi connectivity index (χ0n) is 8.32. The Kier molecular flexibility index (Phi) is 3.69. The molecular formula is C8H4F3NO3S3. The molecule has 18 heavy (non-hydrogen) atoms. The first-order valence-corrected chi connectivity index (χ1v) is 7.47. The van der Waals surface area contributed by atoms with E-state index in [2.05, 4.69) is 4.98 Å². The minimum Gasteiger partial charge on any atom is -0.344 e. The van der Waals surface area contributed by atoms with Crippen LogP contribution in [0.3, 0.4) is 0 Å². The lowest BCUT2D eigenvalue weighted by Gasteiger charge is -1.97. The van der Waals surface area contributed by atoms with Crippen LogP contribution in [0, 0.1) is 0 Å². The zero-order valence-corrected chi connectivity index (χ0v) is 10.8. The van der Waals surface area contributed by atoms with E-state index in [9.17, 15) is 24.3 Å². The van der Waals surface area contributed by atoms with Crippen LogP contribution < -0.4 is 0 Å². The maximum atomic E-state index is 13.0. The van der Waals surface area contributed by atoms with E-state index in [1.165, 1.54) is 12.1 Å². The van der Waals surface area contributed by atoms with Crippen LogP contribution in [0.15, 0.2) is 33.0 Å². The van der Waals surface area contributed by atoms with Gasteiger partial charge in [0.1, 0.15) is 4.90 Å². The summed E-state index contributed by atoms with van der Waals surface area (Å²) in [7, 11) is 0. The summed E-state index contributed by atoms with van der Waals surface area (Å²) in [5.41, 5.74) is 0.000463. The van der Waals surface area contributed by atoms with E-state index in [-0.39, 0.29) is 10.9 Å². The molecule has 0 saturated heterocycles. The van der Waals surface area contributed by atoms with Crippen molar-refractivity contribution in [3.63, 3.8) is 0 Å². The van der Waals surface area contributed by atoms with Gasteiger partial charge in [0, 0.05) is 10.9 Å². The summed E-state index contributed by atoms with van der Waals surface area (Å²) in [6.07, 6.45) is 0.